The molecule has 2 aromatic carbocycles. The molecule has 0 N–H and O–H groups in total. The van der Waals surface area contributed by atoms with Gasteiger partial charge in [0.15, 0.2) is 0 Å². The quantitative estimate of drug-likeness (QED) is 0.517. The van der Waals surface area contributed by atoms with Crippen molar-refractivity contribution in [1.29, 1.82) is 0 Å². The molecule has 3 nitrogen and oxygen atoms in total. The number of methoxy groups -OCH3 is 1. The predicted molar refractivity (Wildman–Crippen MR) is 90.9 cm³/mol. The highest BCUT2D eigenvalue weighted by Gasteiger charge is 2.20. The zero-order valence-electron chi connectivity index (χ0n) is 13.3. The highest BCUT2D eigenvalue weighted by Crippen LogP contribution is 2.39. The topological polar surface area (TPSA) is 27.1 Å². The fourth-order valence-corrected chi connectivity index (χ4v) is 3.33. The molecule has 0 amide bonds. The molecule has 0 fully saturated rings. The molecule has 0 unspecified atom stereocenters. The lowest BCUT2D eigenvalue weighted by Crippen LogP contribution is -2.02. The largest absolute Gasteiger partial charge is 0.497 e. The summed E-state index contributed by atoms with van der Waals surface area (Å²) in [6.07, 6.45) is 0. The zero-order valence-corrected chi connectivity index (χ0v) is 13.3. The summed E-state index contributed by atoms with van der Waals surface area (Å²) in [5.74, 6) is 1.89. The monoisotopic (exact) mass is 290 g/mol. The lowest BCUT2D eigenvalue weighted by Gasteiger charge is -2.15. The summed E-state index contributed by atoms with van der Waals surface area (Å²) in [7, 11) is 3.79. The summed E-state index contributed by atoms with van der Waals surface area (Å²) >= 11 is 0. The maximum Gasteiger partial charge on any atom is 0.141 e. The Morgan fingerprint density at radius 2 is 1.82 bits per heavy atom. The van der Waals surface area contributed by atoms with Gasteiger partial charge in [0.25, 0.3) is 0 Å². The van der Waals surface area contributed by atoms with Crippen LogP contribution in [0.25, 0.3) is 33.2 Å². The number of aromatic nitrogens is 2. The van der Waals surface area contributed by atoms with Crippen LogP contribution >= 0.6 is 0 Å². The number of hydrogen-bond donors (Lipinski definition) is 0. The van der Waals surface area contributed by atoms with Crippen LogP contribution in [0.5, 0.6) is 5.75 Å². The van der Waals surface area contributed by atoms with Crippen molar-refractivity contribution in [2.45, 2.75) is 13.8 Å². The van der Waals surface area contributed by atoms with Crippen molar-refractivity contribution < 1.29 is 4.74 Å². The normalized spacial score (nSPS) is 11.6. The van der Waals surface area contributed by atoms with Crippen LogP contribution in [0.4, 0.5) is 0 Å². The van der Waals surface area contributed by atoms with E-state index in [1.807, 2.05) is 12.1 Å². The third-order valence-corrected chi connectivity index (χ3v) is 4.53. The molecular formula is C19H18N2O. The Bertz CT molecular complexity index is 998. The Hall–Kier alpha value is -2.55. The molecule has 0 aromatic heterocycles. The molecule has 0 radical (unpaired) electrons. The SMILES string of the molecule is COc1ccc2nc3n(C)c4ccc(C)cc4c(C)c-3c2c1. The minimum absolute atomic E-state index is 0.869. The van der Waals surface area contributed by atoms with E-state index in [1.54, 1.807) is 7.11 Å². The van der Waals surface area contributed by atoms with Crippen molar-refractivity contribution in [3.8, 4) is 17.1 Å². The molecule has 0 spiro atoms. The van der Waals surface area contributed by atoms with Gasteiger partial charge in [-0.25, -0.2) is 4.98 Å². The highest BCUT2D eigenvalue weighted by molar-refractivity contribution is 6.04. The average Bonchev–Trinajstić information content (AvgIpc) is 2.91. The first-order valence-corrected chi connectivity index (χ1v) is 7.43. The van der Waals surface area contributed by atoms with Gasteiger partial charge < -0.3 is 9.30 Å². The number of rotatable bonds is 1. The smallest absolute Gasteiger partial charge is 0.141 e. The van der Waals surface area contributed by atoms with Gasteiger partial charge in [-0.15, -0.1) is 0 Å². The van der Waals surface area contributed by atoms with Gasteiger partial charge in [-0.1, -0.05) is 11.6 Å². The van der Waals surface area contributed by atoms with Crippen molar-refractivity contribution >= 4 is 21.8 Å². The van der Waals surface area contributed by atoms with Gasteiger partial charge in [0.2, 0.25) is 0 Å². The van der Waals surface area contributed by atoms with Crippen molar-refractivity contribution in [2.75, 3.05) is 7.11 Å². The molecule has 3 heteroatoms. The van der Waals surface area contributed by atoms with E-state index in [2.05, 4.69) is 49.7 Å². The van der Waals surface area contributed by atoms with E-state index in [-0.39, 0.29) is 0 Å². The van der Waals surface area contributed by atoms with E-state index in [4.69, 9.17) is 9.72 Å². The fourth-order valence-electron chi connectivity index (χ4n) is 3.33. The van der Waals surface area contributed by atoms with Gasteiger partial charge in [0, 0.05) is 28.9 Å². The zero-order chi connectivity index (χ0) is 15.4. The van der Waals surface area contributed by atoms with E-state index in [0.29, 0.717) is 0 Å². The number of nitrogens with zero attached hydrogens (tertiary/aromatic N) is 2. The van der Waals surface area contributed by atoms with Crippen molar-refractivity contribution in [2.24, 2.45) is 7.05 Å². The second kappa shape index (κ2) is 4.47. The van der Waals surface area contributed by atoms with Crippen molar-refractivity contribution in [3.63, 3.8) is 0 Å². The van der Waals surface area contributed by atoms with E-state index < -0.39 is 0 Å². The lowest BCUT2D eigenvalue weighted by atomic mass is 9.99. The summed E-state index contributed by atoms with van der Waals surface area (Å²) in [5.41, 5.74) is 6.00. The first-order chi connectivity index (χ1) is 10.6. The van der Waals surface area contributed by atoms with Gasteiger partial charge >= 0.3 is 0 Å². The number of pyridine rings is 1. The molecule has 0 saturated carbocycles. The molecule has 4 rings (SSSR count). The standard InChI is InChI=1S/C19H18N2O/c1-11-5-8-17-14(9-11)12(2)18-15-10-13(22-4)6-7-16(15)20-19(18)21(17)3/h5-10H,1-4H3. The van der Waals surface area contributed by atoms with Crippen LogP contribution in [0.2, 0.25) is 0 Å². The fraction of sp³-hybridized carbons (Fsp3) is 0.211. The van der Waals surface area contributed by atoms with Crippen LogP contribution in [-0.4, -0.2) is 16.7 Å². The maximum absolute atomic E-state index is 5.38. The Morgan fingerprint density at radius 1 is 1.00 bits per heavy atom. The Balaban J connectivity index is 2.24. The number of aryl methyl sites for hydroxylation is 3. The Labute approximate surface area is 129 Å². The van der Waals surface area contributed by atoms with Crippen molar-refractivity contribution in [3.05, 3.63) is 47.5 Å². The number of ether oxygens (including phenoxy) is 1. The van der Waals surface area contributed by atoms with Gasteiger partial charge in [0.05, 0.1) is 12.6 Å². The molecule has 22 heavy (non-hydrogen) atoms. The third-order valence-electron chi connectivity index (χ3n) is 4.53. The van der Waals surface area contributed by atoms with Gasteiger partial charge in [-0.05, 0) is 49.7 Å². The summed E-state index contributed by atoms with van der Waals surface area (Å²) < 4.78 is 7.57. The third kappa shape index (κ3) is 1.65. The molecule has 110 valence electrons. The number of hydrogen-bond acceptors (Lipinski definition) is 2. The molecule has 0 aliphatic carbocycles. The molecule has 2 aromatic rings. The minimum Gasteiger partial charge on any atom is -0.497 e. The van der Waals surface area contributed by atoms with Crippen LogP contribution < -0.4 is 4.74 Å². The molecular weight excluding hydrogens is 272 g/mol. The van der Waals surface area contributed by atoms with E-state index >= 15 is 0 Å². The van der Waals surface area contributed by atoms with E-state index in [0.717, 1.165) is 22.5 Å². The van der Waals surface area contributed by atoms with E-state index in [9.17, 15) is 0 Å². The summed E-state index contributed by atoms with van der Waals surface area (Å²) in [6, 6.07) is 12.7. The first kappa shape index (κ1) is 13.1. The van der Waals surface area contributed by atoms with E-state index in [1.165, 1.54) is 27.6 Å². The van der Waals surface area contributed by atoms with Crippen LogP contribution in [0, 0.1) is 13.8 Å². The number of benzene rings is 2. The van der Waals surface area contributed by atoms with Crippen LogP contribution in [-0.2, 0) is 7.05 Å². The second-order valence-corrected chi connectivity index (χ2v) is 5.90. The number of fused-ring (bicyclic) bond motifs is 4. The van der Waals surface area contributed by atoms with Gasteiger partial charge in [-0.3, -0.25) is 0 Å². The van der Waals surface area contributed by atoms with Gasteiger partial charge in [-0.2, -0.15) is 0 Å². The summed E-state index contributed by atoms with van der Waals surface area (Å²) in [5, 5.41) is 2.44. The van der Waals surface area contributed by atoms with Crippen molar-refractivity contribution in [1.82, 2.24) is 9.55 Å². The molecule has 0 saturated heterocycles. The average molecular weight is 290 g/mol. The highest BCUT2D eigenvalue weighted by atomic mass is 16.5. The molecule has 2 heterocycles. The maximum atomic E-state index is 5.38. The second-order valence-electron chi connectivity index (χ2n) is 5.90. The Kier molecular flexibility index (Phi) is 2.67. The predicted octanol–water partition coefficient (Wildman–Crippen LogP) is 4.46. The lowest BCUT2D eigenvalue weighted by molar-refractivity contribution is 0.415. The van der Waals surface area contributed by atoms with Crippen LogP contribution in [0.15, 0.2) is 36.4 Å². The summed E-state index contributed by atoms with van der Waals surface area (Å²) in [6.45, 7) is 4.32. The minimum atomic E-state index is 0.869. The molecule has 2 aliphatic heterocycles. The first-order valence-electron chi connectivity index (χ1n) is 7.43. The molecule has 0 bridgehead atoms. The molecule has 0 atom stereocenters. The molecule has 2 aliphatic rings. The van der Waals surface area contributed by atoms with Crippen LogP contribution in [0.1, 0.15) is 11.1 Å². The Morgan fingerprint density at radius 3 is 2.59 bits per heavy atom. The van der Waals surface area contributed by atoms with Crippen LogP contribution in [0.3, 0.4) is 0 Å². The summed E-state index contributed by atoms with van der Waals surface area (Å²) in [4.78, 5) is 4.83. The van der Waals surface area contributed by atoms with Gasteiger partial charge in [0.1, 0.15) is 11.6 Å².